The van der Waals surface area contributed by atoms with Crippen LogP contribution in [0.5, 0.6) is 0 Å². The van der Waals surface area contributed by atoms with Crippen LogP contribution in [0.15, 0.2) is 57.7 Å². The number of halogens is 1. The third-order valence-electron chi connectivity index (χ3n) is 4.91. The fourth-order valence-corrected chi connectivity index (χ4v) is 3.38. The number of carbonyl (C=O) groups is 1. The van der Waals surface area contributed by atoms with E-state index in [1.54, 1.807) is 22.8 Å². The maximum atomic E-state index is 13.0. The molecule has 0 unspecified atom stereocenters. The standard InChI is InChI=1S/C20H20FN3O3/c21-16-7-5-15(6-8-16)13-19(25)23-11-9-22(10-12-23)14-24-17-3-1-2-4-18(17)27-20(24)26/h1-8H,9-14H2. The number of hydrogen-bond donors (Lipinski definition) is 0. The van der Waals surface area contributed by atoms with Crippen LogP contribution in [0.4, 0.5) is 4.39 Å². The van der Waals surface area contributed by atoms with E-state index in [1.165, 1.54) is 12.1 Å². The first-order chi connectivity index (χ1) is 13.1. The van der Waals surface area contributed by atoms with Gasteiger partial charge in [-0.25, -0.2) is 9.18 Å². The number of fused-ring (bicyclic) bond motifs is 1. The zero-order valence-corrected chi connectivity index (χ0v) is 14.8. The van der Waals surface area contributed by atoms with E-state index in [1.807, 2.05) is 23.1 Å². The van der Waals surface area contributed by atoms with Crippen molar-refractivity contribution >= 4 is 17.0 Å². The molecule has 1 amide bonds. The summed E-state index contributed by atoms with van der Waals surface area (Å²) >= 11 is 0. The van der Waals surface area contributed by atoms with E-state index in [-0.39, 0.29) is 23.9 Å². The van der Waals surface area contributed by atoms with Crippen molar-refractivity contribution < 1.29 is 13.6 Å². The van der Waals surface area contributed by atoms with Crippen LogP contribution in [0.1, 0.15) is 5.56 Å². The van der Waals surface area contributed by atoms with E-state index < -0.39 is 0 Å². The summed E-state index contributed by atoms with van der Waals surface area (Å²) in [6.07, 6.45) is 0.270. The number of piperazine rings is 1. The predicted molar refractivity (Wildman–Crippen MR) is 98.7 cm³/mol. The van der Waals surface area contributed by atoms with E-state index in [4.69, 9.17) is 4.42 Å². The fourth-order valence-electron chi connectivity index (χ4n) is 3.38. The maximum absolute atomic E-state index is 13.0. The lowest BCUT2D eigenvalue weighted by atomic mass is 10.1. The largest absolute Gasteiger partial charge is 0.421 e. The van der Waals surface area contributed by atoms with Crippen LogP contribution in [0.25, 0.3) is 11.1 Å². The third-order valence-corrected chi connectivity index (χ3v) is 4.91. The van der Waals surface area contributed by atoms with Gasteiger partial charge in [0.2, 0.25) is 5.91 Å². The molecule has 3 aromatic rings. The summed E-state index contributed by atoms with van der Waals surface area (Å²) in [7, 11) is 0. The molecule has 0 aliphatic carbocycles. The third kappa shape index (κ3) is 3.78. The number of para-hydroxylation sites is 2. The topological polar surface area (TPSA) is 58.7 Å². The van der Waals surface area contributed by atoms with Crippen molar-refractivity contribution in [2.24, 2.45) is 0 Å². The van der Waals surface area contributed by atoms with Gasteiger partial charge in [0.25, 0.3) is 0 Å². The summed E-state index contributed by atoms with van der Waals surface area (Å²) < 4.78 is 19.9. The van der Waals surface area contributed by atoms with Gasteiger partial charge < -0.3 is 9.32 Å². The minimum atomic E-state index is -0.369. The Morgan fingerprint density at radius 2 is 1.70 bits per heavy atom. The Bertz CT molecular complexity index is 1000. The van der Waals surface area contributed by atoms with Crippen LogP contribution in [-0.4, -0.2) is 46.5 Å². The van der Waals surface area contributed by atoms with Gasteiger partial charge in [-0.2, -0.15) is 0 Å². The summed E-state index contributed by atoms with van der Waals surface area (Å²) in [6.45, 7) is 3.01. The van der Waals surface area contributed by atoms with Crippen molar-refractivity contribution in [2.75, 3.05) is 26.2 Å². The van der Waals surface area contributed by atoms with Gasteiger partial charge in [0.1, 0.15) is 5.82 Å². The highest BCUT2D eigenvalue weighted by molar-refractivity contribution is 5.78. The summed E-state index contributed by atoms with van der Waals surface area (Å²) in [4.78, 5) is 28.5. The lowest BCUT2D eigenvalue weighted by Crippen LogP contribution is -2.49. The Kier molecular flexibility index (Phi) is 4.77. The lowest BCUT2D eigenvalue weighted by Gasteiger charge is -2.34. The number of aromatic nitrogens is 1. The molecule has 140 valence electrons. The van der Waals surface area contributed by atoms with Gasteiger partial charge in [-0.15, -0.1) is 0 Å². The minimum absolute atomic E-state index is 0.0344. The zero-order chi connectivity index (χ0) is 18.8. The first-order valence-electron chi connectivity index (χ1n) is 8.93. The molecular weight excluding hydrogens is 349 g/mol. The molecule has 2 heterocycles. The van der Waals surface area contributed by atoms with E-state index >= 15 is 0 Å². The van der Waals surface area contributed by atoms with E-state index in [9.17, 15) is 14.0 Å². The number of nitrogens with zero attached hydrogens (tertiary/aromatic N) is 3. The molecule has 1 saturated heterocycles. The van der Waals surface area contributed by atoms with Crippen LogP contribution in [-0.2, 0) is 17.9 Å². The molecule has 0 atom stereocenters. The summed E-state index contributed by atoms with van der Waals surface area (Å²) in [5.74, 6) is -0.639. The highest BCUT2D eigenvalue weighted by Gasteiger charge is 2.22. The average molecular weight is 369 g/mol. The van der Waals surface area contributed by atoms with Crippen molar-refractivity contribution in [1.82, 2.24) is 14.4 Å². The second-order valence-electron chi connectivity index (χ2n) is 6.71. The second kappa shape index (κ2) is 7.36. The van der Waals surface area contributed by atoms with Crippen LogP contribution >= 0.6 is 0 Å². The van der Waals surface area contributed by atoms with Crippen LogP contribution in [0.3, 0.4) is 0 Å². The van der Waals surface area contributed by atoms with Gasteiger partial charge in [-0.1, -0.05) is 24.3 Å². The Hall–Kier alpha value is -2.93. The molecule has 27 heavy (non-hydrogen) atoms. The van der Waals surface area contributed by atoms with Crippen LogP contribution in [0.2, 0.25) is 0 Å². The first kappa shape index (κ1) is 17.5. The maximum Gasteiger partial charge on any atom is 0.421 e. The number of oxazole rings is 1. The van der Waals surface area contributed by atoms with Crippen LogP contribution < -0.4 is 5.76 Å². The molecule has 4 rings (SSSR count). The predicted octanol–water partition coefficient (Wildman–Crippen LogP) is 2.08. The van der Waals surface area contributed by atoms with E-state index in [2.05, 4.69) is 4.90 Å². The molecule has 1 aromatic heterocycles. The van der Waals surface area contributed by atoms with Crippen molar-refractivity contribution in [3.8, 4) is 0 Å². The van der Waals surface area contributed by atoms with Gasteiger partial charge in [0.05, 0.1) is 18.6 Å². The van der Waals surface area contributed by atoms with Gasteiger partial charge >= 0.3 is 5.76 Å². The zero-order valence-electron chi connectivity index (χ0n) is 14.8. The smallest absolute Gasteiger partial charge is 0.408 e. The minimum Gasteiger partial charge on any atom is -0.408 e. The van der Waals surface area contributed by atoms with Gasteiger partial charge in [0, 0.05) is 26.2 Å². The molecule has 2 aromatic carbocycles. The molecule has 0 radical (unpaired) electrons. The number of benzene rings is 2. The van der Waals surface area contributed by atoms with Crippen molar-refractivity contribution in [1.29, 1.82) is 0 Å². The normalized spacial score (nSPS) is 15.4. The molecule has 1 aliphatic rings. The monoisotopic (exact) mass is 369 g/mol. The average Bonchev–Trinajstić information content (AvgIpc) is 2.99. The second-order valence-corrected chi connectivity index (χ2v) is 6.71. The van der Waals surface area contributed by atoms with E-state index in [0.717, 1.165) is 11.1 Å². The van der Waals surface area contributed by atoms with Gasteiger partial charge in [-0.05, 0) is 29.8 Å². The molecule has 1 aliphatic heterocycles. The highest BCUT2D eigenvalue weighted by atomic mass is 19.1. The lowest BCUT2D eigenvalue weighted by molar-refractivity contribution is -0.132. The molecule has 0 bridgehead atoms. The Morgan fingerprint density at radius 3 is 2.44 bits per heavy atom. The summed E-state index contributed by atoms with van der Waals surface area (Å²) in [6, 6.07) is 13.4. The molecule has 0 saturated carbocycles. The molecular formula is C20H20FN3O3. The molecule has 0 N–H and O–H groups in total. The van der Waals surface area contributed by atoms with Gasteiger partial charge in [-0.3, -0.25) is 14.3 Å². The van der Waals surface area contributed by atoms with Crippen molar-refractivity contribution in [3.05, 3.63) is 70.5 Å². The van der Waals surface area contributed by atoms with E-state index in [0.29, 0.717) is 38.4 Å². The molecule has 6 nitrogen and oxygen atoms in total. The number of rotatable bonds is 4. The van der Waals surface area contributed by atoms with Crippen molar-refractivity contribution in [2.45, 2.75) is 13.1 Å². The fraction of sp³-hybridized carbons (Fsp3) is 0.300. The first-order valence-corrected chi connectivity index (χ1v) is 8.93. The summed E-state index contributed by atoms with van der Waals surface area (Å²) in [5, 5.41) is 0. The summed E-state index contributed by atoms with van der Waals surface area (Å²) in [5.41, 5.74) is 2.16. The molecule has 0 spiro atoms. The SMILES string of the molecule is O=C(Cc1ccc(F)cc1)N1CCN(Cn2c(=O)oc3ccccc32)CC1. The Morgan fingerprint density at radius 1 is 1.00 bits per heavy atom. The van der Waals surface area contributed by atoms with Gasteiger partial charge in [0.15, 0.2) is 5.58 Å². The molecule has 1 fully saturated rings. The number of amides is 1. The van der Waals surface area contributed by atoms with Crippen molar-refractivity contribution in [3.63, 3.8) is 0 Å². The number of hydrogen-bond acceptors (Lipinski definition) is 4. The Balaban J connectivity index is 1.36. The highest BCUT2D eigenvalue weighted by Crippen LogP contribution is 2.14. The van der Waals surface area contributed by atoms with Crippen LogP contribution in [0, 0.1) is 5.82 Å². The Labute approximate surface area is 155 Å². The quantitative estimate of drug-likeness (QED) is 0.707. The number of carbonyl (C=O) groups excluding carboxylic acids is 1. The molecule has 7 heteroatoms.